The van der Waals surface area contributed by atoms with Gasteiger partial charge in [0.15, 0.2) is 11.6 Å². The fraction of sp³-hybridized carbons (Fsp3) is 0.304. The minimum Gasteiger partial charge on any atom is -0.494 e. The maximum atomic E-state index is 13.9. The van der Waals surface area contributed by atoms with Gasteiger partial charge in [-0.1, -0.05) is 24.3 Å². The molecule has 8 heteroatoms. The van der Waals surface area contributed by atoms with E-state index in [9.17, 15) is 14.0 Å². The van der Waals surface area contributed by atoms with E-state index in [1.807, 2.05) is 36.4 Å². The zero-order valence-corrected chi connectivity index (χ0v) is 17.4. The highest BCUT2D eigenvalue weighted by atomic mass is 19.1. The Kier molecular flexibility index (Phi) is 6.18. The van der Waals surface area contributed by atoms with Gasteiger partial charge in [-0.3, -0.25) is 19.9 Å². The second-order valence-electron chi connectivity index (χ2n) is 7.54. The minimum absolute atomic E-state index is 0.112. The number of methoxy groups -OCH3 is 1. The van der Waals surface area contributed by atoms with Gasteiger partial charge in [0.25, 0.3) is 5.91 Å². The van der Waals surface area contributed by atoms with E-state index in [4.69, 9.17) is 4.74 Å². The number of carbonyl (C=O) groups is 2. The first-order chi connectivity index (χ1) is 15.0. The molecule has 2 aromatic carbocycles. The fourth-order valence-electron chi connectivity index (χ4n) is 3.78. The van der Waals surface area contributed by atoms with Gasteiger partial charge in [0, 0.05) is 39.1 Å². The van der Waals surface area contributed by atoms with Crippen LogP contribution in [0.3, 0.4) is 0 Å². The highest BCUT2D eigenvalue weighted by Crippen LogP contribution is 2.20. The number of piperazine rings is 1. The normalized spacial score (nSPS) is 17.2. The number of rotatable bonds is 5. The van der Waals surface area contributed by atoms with Gasteiger partial charge in [0.05, 0.1) is 12.8 Å². The van der Waals surface area contributed by atoms with Crippen molar-refractivity contribution in [3.05, 3.63) is 71.7 Å². The second-order valence-corrected chi connectivity index (χ2v) is 7.54. The molecule has 2 aliphatic rings. The first kappa shape index (κ1) is 20.9. The molecule has 0 radical (unpaired) electrons. The van der Waals surface area contributed by atoms with Crippen LogP contribution in [-0.4, -0.2) is 54.9 Å². The fourth-order valence-corrected chi connectivity index (χ4v) is 3.78. The van der Waals surface area contributed by atoms with E-state index in [0.717, 1.165) is 5.56 Å². The molecule has 2 aromatic rings. The molecule has 31 heavy (non-hydrogen) atoms. The lowest BCUT2D eigenvalue weighted by molar-refractivity contribution is -0.129. The number of amides is 2. The summed E-state index contributed by atoms with van der Waals surface area (Å²) in [5.74, 6) is -0.375. The number of halogens is 1. The van der Waals surface area contributed by atoms with Gasteiger partial charge in [-0.05, 0) is 35.9 Å². The van der Waals surface area contributed by atoms with Crippen molar-refractivity contribution in [1.29, 1.82) is 0 Å². The second kappa shape index (κ2) is 9.18. The number of anilines is 1. The highest BCUT2D eigenvalue weighted by molar-refractivity contribution is 6.01. The summed E-state index contributed by atoms with van der Waals surface area (Å²) in [6, 6.07) is 14.2. The zero-order chi connectivity index (χ0) is 21.8. The highest BCUT2D eigenvalue weighted by Gasteiger charge is 2.29. The number of hydrogen-bond acceptors (Lipinski definition) is 5. The summed E-state index contributed by atoms with van der Waals surface area (Å²) in [6.07, 6.45) is 1.82. The number of ether oxygens (including phenoxy) is 1. The van der Waals surface area contributed by atoms with Crippen LogP contribution in [0, 0.1) is 5.82 Å². The molecule has 162 valence electrons. The number of carbonyl (C=O) groups excluding carboxylic acids is 2. The lowest BCUT2D eigenvalue weighted by Gasteiger charge is -2.36. The Labute approximate surface area is 180 Å². The topological polar surface area (TPSA) is 65.1 Å². The van der Waals surface area contributed by atoms with Crippen molar-refractivity contribution < 1.29 is 18.7 Å². The van der Waals surface area contributed by atoms with Crippen molar-refractivity contribution in [3.8, 4) is 5.75 Å². The molecule has 4 rings (SSSR count). The Hall–Kier alpha value is -3.39. The van der Waals surface area contributed by atoms with E-state index in [1.54, 1.807) is 17.0 Å². The SMILES string of the molecule is COc1ccc(CN2CCN(C(=O)C3=CCC(=O)N(c4ccccc4)N3)CC2)cc1F. The van der Waals surface area contributed by atoms with E-state index < -0.39 is 0 Å². The lowest BCUT2D eigenvalue weighted by atomic mass is 10.1. The Morgan fingerprint density at radius 2 is 1.84 bits per heavy atom. The van der Waals surface area contributed by atoms with Crippen LogP contribution in [0.4, 0.5) is 10.1 Å². The van der Waals surface area contributed by atoms with Gasteiger partial charge in [-0.25, -0.2) is 9.40 Å². The van der Waals surface area contributed by atoms with E-state index in [2.05, 4.69) is 10.3 Å². The largest absolute Gasteiger partial charge is 0.494 e. The van der Waals surface area contributed by atoms with Crippen molar-refractivity contribution >= 4 is 17.5 Å². The quantitative estimate of drug-likeness (QED) is 0.798. The van der Waals surface area contributed by atoms with E-state index in [-0.39, 0.29) is 29.8 Å². The number of para-hydroxylation sites is 1. The maximum Gasteiger partial charge on any atom is 0.271 e. The molecule has 2 aliphatic heterocycles. The van der Waals surface area contributed by atoms with Gasteiger partial charge < -0.3 is 9.64 Å². The van der Waals surface area contributed by atoms with Crippen LogP contribution in [0.25, 0.3) is 0 Å². The predicted octanol–water partition coefficient (Wildman–Crippen LogP) is 2.30. The summed E-state index contributed by atoms with van der Waals surface area (Å²) in [4.78, 5) is 29.2. The maximum absolute atomic E-state index is 13.9. The molecule has 0 unspecified atom stereocenters. The van der Waals surface area contributed by atoms with Crippen molar-refractivity contribution in [2.45, 2.75) is 13.0 Å². The molecule has 7 nitrogen and oxygen atoms in total. The third kappa shape index (κ3) is 4.69. The van der Waals surface area contributed by atoms with Gasteiger partial charge in [-0.15, -0.1) is 0 Å². The first-order valence-corrected chi connectivity index (χ1v) is 10.2. The lowest BCUT2D eigenvalue weighted by Crippen LogP contribution is -2.53. The average Bonchev–Trinajstić information content (AvgIpc) is 2.80. The molecule has 1 N–H and O–H groups in total. The molecule has 0 spiro atoms. The monoisotopic (exact) mass is 424 g/mol. The summed E-state index contributed by atoms with van der Waals surface area (Å²) >= 11 is 0. The minimum atomic E-state index is -0.373. The Bertz CT molecular complexity index is 988. The summed E-state index contributed by atoms with van der Waals surface area (Å²) in [7, 11) is 1.44. The number of hydrogen-bond donors (Lipinski definition) is 1. The number of hydrazine groups is 1. The molecule has 0 aromatic heterocycles. The van der Waals surface area contributed by atoms with Gasteiger partial charge in [0.2, 0.25) is 5.91 Å². The molecule has 0 saturated carbocycles. The first-order valence-electron chi connectivity index (χ1n) is 10.2. The van der Waals surface area contributed by atoms with Crippen molar-refractivity contribution in [3.63, 3.8) is 0 Å². The van der Waals surface area contributed by atoms with Crippen LogP contribution in [0.5, 0.6) is 5.75 Å². The van der Waals surface area contributed by atoms with Crippen LogP contribution < -0.4 is 15.2 Å². The number of nitrogens with zero attached hydrogens (tertiary/aromatic N) is 3. The van der Waals surface area contributed by atoms with E-state index in [1.165, 1.54) is 18.2 Å². The van der Waals surface area contributed by atoms with Gasteiger partial charge in [-0.2, -0.15) is 0 Å². The van der Waals surface area contributed by atoms with Crippen molar-refractivity contribution in [2.24, 2.45) is 0 Å². The molecule has 1 fully saturated rings. The standard InChI is InChI=1S/C23H25FN4O3/c1-31-21-9-7-17(15-19(21)24)16-26-11-13-27(14-12-26)23(30)20-8-10-22(29)28(25-20)18-5-3-2-4-6-18/h2-9,15,25H,10-14,16H2,1H3. The average molecular weight is 424 g/mol. The van der Waals surface area contributed by atoms with Crippen molar-refractivity contribution in [1.82, 2.24) is 15.2 Å². The molecule has 2 heterocycles. The Balaban J connectivity index is 1.34. The third-order valence-electron chi connectivity index (χ3n) is 5.49. The molecular formula is C23H25FN4O3. The van der Waals surface area contributed by atoms with E-state index in [0.29, 0.717) is 44.1 Å². The predicted molar refractivity (Wildman–Crippen MR) is 115 cm³/mol. The Morgan fingerprint density at radius 3 is 2.52 bits per heavy atom. The van der Waals surface area contributed by atoms with Crippen LogP contribution in [0.15, 0.2) is 60.3 Å². The van der Waals surface area contributed by atoms with Crippen molar-refractivity contribution in [2.75, 3.05) is 38.3 Å². The molecule has 0 bridgehead atoms. The summed E-state index contributed by atoms with van der Waals surface area (Å²) in [5.41, 5.74) is 4.95. The van der Waals surface area contributed by atoms with Crippen LogP contribution in [0.2, 0.25) is 0 Å². The summed E-state index contributed by atoms with van der Waals surface area (Å²) in [6.45, 7) is 3.12. The molecule has 2 amide bonds. The third-order valence-corrected chi connectivity index (χ3v) is 5.49. The number of nitrogens with one attached hydrogen (secondary N) is 1. The van der Waals surface area contributed by atoms with Crippen LogP contribution in [0.1, 0.15) is 12.0 Å². The van der Waals surface area contributed by atoms with Crippen LogP contribution in [-0.2, 0) is 16.1 Å². The summed E-state index contributed by atoms with van der Waals surface area (Å²) < 4.78 is 18.9. The number of benzene rings is 2. The Morgan fingerprint density at radius 1 is 1.10 bits per heavy atom. The van der Waals surface area contributed by atoms with Gasteiger partial charge >= 0.3 is 0 Å². The smallest absolute Gasteiger partial charge is 0.271 e. The molecule has 0 aliphatic carbocycles. The zero-order valence-electron chi connectivity index (χ0n) is 17.4. The van der Waals surface area contributed by atoms with Gasteiger partial charge in [0.1, 0.15) is 5.70 Å². The van der Waals surface area contributed by atoms with E-state index >= 15 is 0 Å². The van der Waals surface area contributed by atoms with Crippen LogP contribution >= 0.6 is 0 Å². The summed E-state index contributed by atoms with van der Waals surface area (Å²) in [5, 5.41) is 1.42. The molecular weight excluding hydrogens is 399 g/mol. The molecule has 0 atom stereocenters. The molecule has 1 saturated heterocycles.